The van der Waals surface area contributed by atoms with Crippen LogP contribution in [0.4, 0.5) is 0 Å². The standard InChI is InChI=1S/C10H22N2O2/c1-10(2)8-12(4-3-5-14-10)7-9(13)6-11/h9,13H,3-8,11H2,1-2H3/t9-/m1/s1. The van der Waals surface area contributed by atoms with Gasteiger partial charge in [-0.25, -0.2) is 0 Å². The maximum Gasteiger partial charge on any atom is 0.0789 e. The number of nitrogens with two attached hydrogens (primary N) is 1. The Hall–Kier alpha value is -0.160. The molecule has 1 aliphatic rings. The lowest BCUT2D eigenvalue weighted by Crippen LogP contribution is -2.43. The van der Waals surface area contributed by atoms with Gasteiger partial charge in [-0.05, 0) is 20.3 Å². The lowest BCUT2D eigenvalue weighted by Gasteiger charge is -2.30. The molecule has 1 heterocycles. The van der Waals surface area contributed by atoms with Crippen molar-refractivity contribution in [2.45, 2.75) is 32.0 Å². The lowest BCUT2D eigenvalue weighted by molar-refractivity contribution is -0.0212. The average molecular weight is 202 g/mol. The molecule has 3 N–H and O–H groups in total. The molecule has 1 rings (SSSR count). The molecular formula is C10H22N2O2. The molecule has 0 unspecified atom stereocenters. The summed E-state index contributed by atoms with van der Waals surface area (Å²) in [6.07, 6.45) is 0.615. The summed E-state index contributed by atoms with van der Waals surface area (Å²) in [7, 11) is 0. The topological polar surface area (TPSA) is 58.7 Å². The van der Waals surface area contributed by atoms with Gasteiger partial charge < -0.3 is 15.6 Å². The van der Waals surface area contributed by atoms with Crippen molar-refractivity contribution < 1.29 is 9.84 Å². The maximum absolute atomic E-state index is 9.46. The van der Waals surface area contributed by atoms with Crippen LogP contribution in [0.2, 0.25) is 0 Å². The normalized spacial score (nSPS) is 25.7. The van der Waals surface area contributed by atoms with Gasteiger partial charge >= 0.3 is 0 Å². The monoisotopic (exact) mass is 202 g/mol. The molecule has 0 radical (unpaired) electrons. The smallest absolute Gasteiger partial charge is 0.0789 e. The SMILES string of the molecule is CC1(C)CN(C[C@H](O)CN)CCCO1. The third-order valence-corrected chi connectivity index (χ3v) is 2.46. The van der Waals surface area contributed by atoms with Gasteiger partial charge in [-0.2, -0.15) is 0 Å². The van der Waals surface area contributed by atoms with E-state index in [4.69, 9.17) is 10.5 Å². The van der Waals surface area contributed by atoms with E-state index in [0.717, 1.165) is 26.1 Å². The number of hydrogen-bond donors (Lipinski definition) is 2. The maximum atomic E-state index is 9.46. The van der Waals surface area contributed by atoms with Crippen LogP contribution in [0.5, 0.6) is 0 Å². The quantitative estimate of drug-likeness (QED) is 0.666. The molecule has 1 fully saturated rings. The highest BCUT2D eigenvalue weighted by atomic mass is 16.5. The molecule has 0 aromatic heterocycles. The van der Waals surface area contributed by atoms with Crippen molar-refractivity contribution in [1.29, 1.82) is 0 Å². The molecule has 0 aliphatic carbocycles. The minimum absolute atomic E-state index is 0.106. The van der Waals surface area contributed by atoms with E-state index in [-0.39, 0.29) is 5.60 Å². The fraction of sp³-hybridized carbons (Fsp3) is 1.00. The molecule has 1 saturated heterocycles. The summed E-state index contributed by atoms with van der Waals surface area (Å²) < 4.78 is 5.68. The molecule has 4 nitrogen and oxygen atoms in total. The minimum Gasteiger partial charge on any atom is -0.390 e. The predicted octanol–water partition coefficient (Wildman–Crippen LogP) is -0.193. The molecule has 0 saturated carbocycles. The van der Waals surface area contributed by atoms with E-state index in [2.05, 4.69) is 18.7 Å². The summed E-state index contributed by atoms with van der Waals surface area (Å²) in [6, 6.07) is 0. The van der Waals surface area contributed by atoms with Gasteiger partial charge in [-0.3, -0.25) is 4.90 Å². The van der Waals surface area contributed by atoms with Crippen molar-refractivity contribution in [2.24, 2.45) is 5.73 Å². The first-order valence-corrected chi connectivity index (χ1v) is 5.28. The Labute approximate surface area is 86.0 Å². The zero-order valence-electron chi connectivity index (χ0n) is 9.20. The van der Waals surface area contributed by atoms with E-state index in [1.165, 1.54) is 0 Å². The summed E-state index contributed by atoms with van der Waals surface area (Å²) in [5.74, 6) is 0. The van der Waals surface area contributed by atoms with E-state index in [1.807, 2.05) is 0 Å². The summed E-state index contributed by atoms with van der Waals surface area (Å²) in [6.45, 7) is 7.81. The second-order valence-corrected chi connectivity index (χ2v) is 4.59. The fourth-order valence-electron chi connectivity index (χ4n) is 1.83. The van der Waals surface area contributed by atoms with Gasteiger partial charge in [0.1, 0.15) is 0 Å². The molecule has 1 aliphatic heterocycles. The number of ether oxygens (including phenoxy) is 1. The highest BCUT2D eigenvalue weighted by Gasteiger charge is 2.25. The minimum atomic E-state index is -0.413. The third kappa shape index (κ3) is 3.92. The van der Waals surface area contributed by atoms with Crippen molar-refractivity contribution in [3.63, 3.8) is 0 Å². The van der Waals surface area contributed by atoms with Gasteiger partial charge in [0.15, 0.2) is 0 Å². The van der Waals surface area contributed by atoms with E-state index < -0.39 is 6.10 Å². The van der Waals surface area contributed by atoms with Gasteiger partial charge in [0.25, 0.3) is 0 Å². The molecule has 0 aromatic rings. The van der Waals surface area contributed by atoms with Crippen molar-refractivity contribution in [1.82, 2.24) is 4.90 Å². The zero-order valence-corrected chi connectivity index (χ0v) is 9.20. The number of aliphatic hydroxyl groups is 1. The Morgan fingerprint density at radius 3 is 2.93 bits per heavy atom. The Balaban J connectivity index is 2.43. The molecule has 0 spiro atoms. The Morgan fingerprint density at radius 1 is 1.57 bits per heavy atom. The molecule has 0 aromatic carbocycles. The molecule has 0 amide bonds. The van der Waals surface area contributed by atoms with Crippen molar-refractivity contribution >= 4 is 0 Å². The fourth-order valence-corrected chi connectivity index (χ4v) is 1.83. The molecule has 1 atom stereocenters. The van der Waals surface area contributed by atoms with E-state index in [1.54, 1.807) is 0 Å². The van der Waals surface area contributed by atoms with E-state index >= 15 is 0 Å². The van der Waals surface area contributed by atoms with E-state index in [9.17, 15) is 5.11 Å². The number of β-amino-alcohol motifs (C(OH)–C–C–N with tert-alkyl or cyclic N) is 1. The predicted molar refractivity (Wildman–Crippen MR) is 56.1 cm³/mol. The van der Waals surface area contributed by atoms with E-state index in [0.29, 0.717) is 13.1 Å². The highest BCUT2D eigenvalue weighted by Crippen LogP contribution is 2.16. The first-order chi connectivity index (χ1) is 6.53. The van der Waals surface area contributed by atoms with Crippen LogP contribution in [-0.2, 0) is 4.74 Å². The summed E-state index contributed by atoms with van der Waals surface area (Å²) in [4.78, 5) is 2.23. The van der Waals surface area contributed by atoms with Gasteiger partial charge in [-0.1, -0.05) is 0 Å². The van der Waals surface area contributed by atoms with Crippen LogP contribution < -0.4 is 5.73 Å². The first kappa shape index (κ1) is 11.9. The average Bonchev–Trinajstić information content (AvgIpc) is 2.26. The van der Waals surface area contributed by atoms with Gasteiger partial charge in [0.2, 0.25) is 0 Å². The van der Waals surface area contributed by atoms with Gasteiger partial charge in [0, 0.05) is 32.8 Å². The van der Waals surface area contributed by atoms with Crippen molar-refractivity contribution in [2.75, 3.05) is 32.8 Å². The molecule has 4 heteroatoms. The van der Waals surface area contributed by atoms with Crippen LogP contribution in [-0.4, -0.2) is 54.5 Å². The first-order valence-electron chi connectivity index (χ1n) is 5.28. The number of aliphatic hydroxyl groups excluding tert-OH is 1. The summed E-state index contributed by atoms with van der Waals surface area (Å²) in [5.41, 5.74) is 5.28. The van der Waals surface area contributed by atoms with Gasteiger partial charge in [-0.15, -0.1) is 0 Å². The lowest BCUT2D eigenvalue weighted by atomic mass is 10.1. The van der Waals surface area contributed by atoms with Gasteiger partial charge in [0.05, 0.1) is 11.7 Å². The van der Waals surface area contributed by atoms with Crippen LogP contribution in [0.25, 0.3) is 0 Å². The van der Waals surface area contributed by atoms with Crippen LogP contribution >= 0.6 is 0 Å². The Kier molecular flexibility index (Phi) is 4.31. The zero-order chi connectivity index (χ0) is 10.6. The second-order valence-electron chi connectivity index (χ2n) is 4.59. The van der Waals surface area contributed by atoms with Crippen LogP contribution in [0.15, 0.2) is 0 Å². The largest absolute Gasteiger partial charge is 0.390 e. The Morgan fingerprint density at radius 2 is 2.29 bits per heavy atom. The number of nitrogens with zero attached hydrogens (tertiary/aromatic N) is 1. The van der Waals surface area contributed by atoms with Crippen LogP contribution in [0.3, 0.4) is 0 Å². The molecule has 84 valence electrons. The molecule has 0 bridgehead atoms. The number of rotatable bonds is 3. The summed E-state index contributed by atoms with van der Waals surface area (Å²) >= 11 is 0. The van der Waals surface area contributed by atoms with Crippen LogP contribution in [0, 0.1) is 0 Å². The van der Waals surface area contributed by atoms with Crippen LogP contribution in [0.1, 0.15) is 20.3 Å². The molecular weight excluding hydrogens is 180 g/mol. The number of hydrogen-bond acceptors (Lipinski definition) is 4. The molecule has 14 heavy (non-hydrogen) atoms. The Bertz CT molecular complexity index is 174. The highest BCUT2D eigenvalue weighted by molar-refractivity contribution is 4.79. The van der Waals surface area contributed by atoms with Crippen molar-refractivity contribution in [3.8, 4) is 0 Å². The second kappa shape index (κ2) is 5.07. The van der Waals surface area contributed by atoms with Crippen molar-refractivity contribution in [3.05, 3.63) is 0 Å². The third-order valence-electron chi connectivity index (χ3n) is 2.46. The summed E-state index contributed by atoms with van der Waals surface area (Å²) in [5, 5.41) is 9.46.